The summed E-state index contributed by atoms with van der Waals surface area (Å²) in [5.74, 6) is -0.200. The summed E-state index contributed by atoms with van der Waals surface area (Å²) in [6.45, 7) is 5.59. The molecule has 21 heavy (non-hydrogen) atoms. The first-order chi connectivity index (χ1) is 9.97. The number of rotatable bonds is 4. The van der Waals surface area contributed by atoms with E-state index in [0.29, 0.717) is 10.6 Å². The average Bonchev–Trinajstić information content (AvgIpc) is 2.87. The van der Waals surface area contributed by atoms with Crippen LogP contribution in [0.4, 0.5) is 11.4 Å². The van der Waals surface area contributed by atoms with E-state index < -0.39 is 0 Å². The van der Waals surface area contributed by atoms with Gasteiger partial charge in [-0.1, -0.05) is 13.8 Å². The molecule has 0 atom stereocenters. The van der Waals surface area contributed by atoms with Gasteiger partial charge in [0, 0.05) is 17.3 Å². The molecule has 0 fully saturated rings. The van der Waals surface area contributed by atoms with Crippen molar-refractivity contribution >= 4 is 34.5 Å². The topological polar surface area (TPSA) is 58.2 Å². The van der Waals surface area contributed by atoms with Crippen molar-refractivity contribution in [2.45, 2.75) is 20.8 Å². The van der Waals surface area contributed by atoms with Gasteiger partial charge in [0.2, 0.25) is 5.91 Å². The van der Waals surface area contributed by atoms with Crippen LogP contribution in [-0.4, -0.2) is 11.8 Å². The van der Waals surface area contributed by atoms with Crippen LogP contribution in [0.25, 0.3) is 0 Å². The molecule has 2 rings (SSSR count). The largest absolute Gasteiger partial charge is 0.326 e. The Balaban J connectivity index is 2.01. The minimum atomic E-state index is -0.110. The fraction of sp³-hybridized carbons (Fsp3) is 0.250. The third-order valence-electron chi connectivity index (χ3n) is 3.00. The van der Waals surface area contributed by atoms with Crippen LogP contribution in [0.15, 0.2) is 35.7 Å². The lowest BCUT2D eigenvalue weighted by Crippen LogP contribution is -2.17. The summed E-state index contributed by atoms with van der Waals surface area (Å²) in [4.78, 5) is 24.4. The molecule has 1 aromatic carbocycles. The van der Waals surface area contributed by atoms with Gasteiger partial charge in [-0.15, -0.1) is 11.3 Å². The summed E-state index contributed by atoms with van der Waals surface area (Å²) in [5, 5.41) is 7.55. The molecule has 0 saturated heterocycles. The van der Waals surface area contributed by atoms with Crippen LogP contribution in [0, 0.1) is 12.8 Å². The minimum absolute atomic E-state index is 0.0269. The molecule has 1 aromatic heterocycles. The van der Waals surface area contributed by atoms with Crippen molar-refractivity contribution < 1.29 is 9.59 Å². The van der Waals surface area contributed by atoms with Crippen LogP contribution in [0.5, 0.6) is 0 Å². The molecule has 110 valence electrons. The maximum absolute atomic E-state index is 12.1. The molecule has 0 aliphatic heterocycles. The summed E-state index contributed by atoms with van der Waals surface area (Å²) in [6, 6.07) is 9.02. The summed E-state index contributed by atoms with van der Waals surface area (Å²) in [6.07, 6.45) is 0. The Morgan fingerprint density at radius 2 is 1.57 bits per heavy atom. The highest BCUT2D eigenvalue weighted by atomic mass is 32.1. The lowest BCUT2D eigenvalue weighted by atomic mass is 10.2. The molecule has 0 unspecified atom stereocenters. The number of amides is 2. The number of hydrogen-bond donors (Lipinski definition) is 2. The molecule has 2 N–H and O–H groups in total. The van der Waals surface area contributed by atoms with Crippen LogP contribution in [-0.2, 0) is 4.79 Å². The van der Waals surface area contributed by atoms with Gasteiger partial charge in [0.15, 0.2) is 0 Å². The number of nitrogens with one attached hydrogen (secondary N) is 2. The van der Waals surface area contributed by atoms with Gasteiger partial charge < -0.3 is 10.6 Å². The second kappa shape index (κ2) is 6.54. The molecule has 0 bridgehead atoms. The molecular weight excluding hydrogens is 284 g/mol. The predicted octanol–water partition coefficient (Wildman–Crippen LogP) is 3.90. The Labute approximate surface area is 128 Å². The summed E-state index contributed by atoms with van der Waals surface area (Å²) >= 11 is 1.42. The maximum atomic E-state index is 12.1. The van der Waals surface area contributed by atoms with Crippen LogP contribution < -0.4 is 10.6 Å². The fourth-order valence-electron chi connectivity index (χ4n) is 1.72. The zero-order valence-electron chi connectivity index (χ0n) is 12.3. The standard InChI is InChI=1S/C16H18N2O2S/c1-10(2)15(19)17-12-4-6-13(7-5-12)18-16(20)14-11(3)8-9-21-14/h4-10H,1-3H3,(H,17,19)(H,18,20). The van der Waals surface area contributed by atoms with Crippen molar-refractivity contribution in [3.05, 3.63) is 46.2 Å². The number of hydrogen-bond acceptors (Lipinski definition) is 3. The Hall–Kier alpha value is -2.14. The van der Waals surface area contributed by atoms with Crippen LogP contribution in [0.2, 0.25) is 0 Å². The quantitative estimate of drug-likeness (QED) is 0.899. The predicted molar refractivity (Wildman–Crippen MR) is 86.9 cm³/mol. The second-order valence-electron chi connectivity index (χ2n) is 5.11. The molecule has 5 heteroatoms. The number of aryl methyl sites for hydroxylation is 1. The first kappa shape index (κ1) is 15.3. The number of carbonyl (C=O) groups is 2. The number of carbonyl (C=O) groups excluding carboxylic acids is 2. The van der Waals surface area contributed by atoms with Crippen molar-refractivity contribution in [2.75, 3.05) is 10.6 Å². The van der Waals surface area contributed by atoms with E-state index in [2.05, 4.69) is 10.6 Å². The van der Waals surface area contributed by atoms with Gasteiger partial charge in [0.25, 0.3) is 5.91 Å². The normalized spacial score (nSPS) is 10.5. The van der Waals surface area contributed by atoms with E-state index in [-0.39, 0.29) is 17.7 Å². The Morgan fingerprint density at radius 3 is 2.05 bits per heavy atom. The molecule has 0 radical (unpaired) electrons. The fourth-order valence-corrected chi connectivity index (χ4v) is 2.54. The zero-order valence-corrected chi connectivity index (χ0v) is 13.1. The highest BCUT2D eigenvalue weighted by Crippen LogP contribution is 2.19. The van der Waals surface area contributed by atoms with Crippen LogP contribution in [0.1, 0.15) is 29.1 Å². The smallest absolute Gasteiger partial charge is 0.265 e. The molecule has 0 aliphatic carbocycles. The third kappa shape index (κ3) is 3.92. The second-order valence-corrected chi connectivity index (χ2v) is 6.02. The monoisotopic (exact) mass is 302 g/mol. The highest BCUT2D eigenvalue weighted by molar-refractivity contribution is 7.12. The van der Waals surface area contributed by atoms with Crippen molar-refractivity contribution in [1.29, 1.82) is 0 Å². The molecule has 1 heterocycles. The minimum Gasteiger partial charge on any atom is -0.326 e. The molecule has 0 spiro atoms. The average molecular weight is 302 g/mol. The lowest BCUT2D eigenvalue weighted by Gasteiger charge is -2.09. The van der Waals surface area contributed by atoms with E-state index in [9.17, 15) is 9.59 Å². The maximum Gasteiger partial charge on any atom is 0.265 e. The SMILES string of the molecule is Cc1ccsc1C(=O)Nc1ccc(NC(=O)C(C)C)cc1. The van der Waals surface area contributed by atoms with Gasteiger partial charge >= 0.3 is 0 Å². The molecule has 0 saturated carbocycles. The van der Waals surface area contributed by atoms with E-state index in [1.54, 1.807) is 24.3 Å². The number of anilines is 2. The number of thiophene rings is 1. The highest BCUT2D eigenvalue weighted by Gasteiger charge is 2.11. The molecule has 2 aromatic rings. The molecule has 0 aliphatic rings. The summed E-state index contributed by atoms with van der Waals surface area (Å²) in [5.41, 5.74) is 2.40. The molecule has 4 nitrogen and oxygen atoms in total. The van der Waals surface area contributed by atoms with Crippen molar-refractivity contribution in [3.63, 3.8) is 0 Å². The first-order valence-electron chi connectivity index (χ1n) is 6.73. The van der Waals surface area contributed by atoms with Gasteiger partial charge in [-0.3, -0.25) is 9.59 Å². The Morgan fingerprint density at radius 1 is 1.00 bits per heavy atom. The Bertz CT molecular complexity index is 645. The zero-order chi connectivity index (χ0) is 15.4. The van der Waals surface area contributed by atoms with E-state index in [4.69, 9.17) is 0 Å². The van der Waals surface area contributed by atoms with Gasteiger partial charge in [-0.2, -0.15) is 0 Å². The van der Waals surface area contributed by atoms with E-state index in [0.717, 1.165) is 11.3 Å². The Kier molecular flexibility index (Phi) is 4.75. The summed E-state index contributed by atoms with van der Waals surface area (Å²) in [7, 11) is 0. The lowest BCUT2D eigenvalue weighted by molar-refractivity contribution is -0.118. The van der Waals surface area contributed by atoms with Gasteiger partial charge in [-0.05, 0) is 48.2 Å². The van der Waals surface area contributed by atoms with E-state index in [1.807, 2.05) is 32.2 Å². The van der Waals surface area contributed by atoms with Crippen LogP contribution >= 0.6 is 11.3 Å². The summed E-state index contributed by atoms with van der Waals surface area (Å²) < 4.78 is 0. The van der Waals surface area contributed by atoms with Gasteiger partial charge in [-0.25, -0.2) is 0 Å². The van der Waals surface area contributed by atoms with Crippen LogP contribution in [0.3, 0.4) is 0 Å². The van der Waals surface area contributed by atoms with Gasteiger partial charge in [0.1, 0.15) is 0 Å². The number of benzene rings is 1. The van der Waals surface area contributed by atoms with Crippen molar-refractivity contribution in [2.24, 2.45) is 5.92 Å². The van der Waals surface area contributed by atoms with Gasteiger partial charge in [0.05, 0.1) is 4.88 Å². The van der Waals surface area contributed by atoms with Crippen molar-refractivity contribution in [1.82, 2.24) is 0 Å². The third-order valence-corrected chi connectivity index (χ3v) is 4.02. The molecular formula is C16H18N2O2S. The van der Waals surface area contributed by atoms with Crippen molar-refractivity contribution in [3.8, 4) is 0 Å². The van der Waals surface area contributed by atoms with E-state index >= 15 is 0 Å². The molecule has 2 amide bonds. The van der Waals surface area contributed by atoms with E-state index in [1.165, 1.54) is 11.3 Å². The first-order valence-corrected chi connectivity index (χ1v) is 7.61.